The Hall–Kier alpha value is -1.35. The van der Waals surface area contributed by atoms with E-state index in [2.05, 4.69) is 9.72 Å². The fourth-order valence-electron chi connectivity index (χ4n) is 2.57. The Balaban J connectivity index is 2.07. The van der Waals surface area contributed by atoms with E-state index >= 15 is 0 Å². The van der Waals surface area contributed by atoms with Crippen molar-refractivity contribution in [1.29, 1.82) is 0 Å². The van der Waals surface area contributed by atoms with Crippen LogP contribution in [-0.4, -0.2) is 43.6 Å². The zero-order valence-electron chi connectivity index (χ0n) is 12.7. The number of nitrogens with zero attached hydrogens (tertiary/aromatic N) is 2. The number of ether oxygens (including phenoxy) is 1. The maximum absolute atomic E-state index is 12.5. The third-order valence-corrected chi connectivity index (χ3v) is 5.75. The quantitative estimate of drug-likeness (QED) is 0.817. The van der Waals surface area contributed by atoms with Crippen molar-refractivity contribution in [3.05, 3.63) is 18.3 Å². The number of sulfonamides is 1. The number of alkyl halides is 3. The van der Waals surface area contributed by atoms with Gasteiger partial charge in [0.05, 0.1) is 6.20 Å². The summed E-state index contributed by atoms with van der Waals surface area (Å²) in [6.07, 6.45) is 1.29. The van der Waals surface area contributed by atoms with Crippen molar-refractivity contribution in [1.82, 2.24) is 9.29 Å². The number of aromatic nitrogens is 1. The molecule has 1 aromatic heterocycles. The van der Waals surface area contributed by atoms with Gasteiger partial charge in [-0.05, 0) is 18.9 Å². The highest BCUT2D eigenvalue weighted by Crippen LogP contribution is 2.26. The molecular formula is C14H19F3N2O3S. The molecule has 0 atom stereocenters. The lowest BCUT2D eigenvalue weighted by Gasteiger charge is -2.30. The van der Waals surface area contributed by atoms with E-state index in [1.807, 2.05) is 0 Å². The molecule has 0 unspecified atom stereocenters. The summed E-state index contributed by atoms with van der Waals surface area (Å²) in [7, 11) is -2.18. The first kappa shape index (κ1) is 18.0. The van der Waals surface area contributed by atoms with Crippen LogP contribution in [0.25, 0.3) is 0 Å². The Kier molecular flexibility index (Phi) is 5.51. The largest absolute Gasteiger partial charge is 0.468 e. The molecule has 5 nitrogen and oxygen atoms in total. The molecular weight excluding hydrogens is 333 g/mol. The standard InChI is InChI=1S/C14H19F3N2O3S/c1-19(11-5-3-2-4-6-11)23(20,21)12-7-8-13(18-9-12)22-10-14(15,16)17/h7-9,11H,2-6,10H2,1H3. The third-order valence-electron chi connectivity index (χ3n) is 3.86. The van der Waals surface area contributed by atoms with Gasteiger partial charge in [0.1, 0.15) is 4.90 Å². The van der Waals surface area contributed by atoms with Crippen LogP contribution in [0.15, 0.2) is 23.2 Å². The summed E-state index contributed by atoms with van der Waals surface area (Å²) in [5.74, 6) is -0.262. The Bertz CT molecular complexity index is 611. The molecule has 1 aromatic rings. The van der Waals surface area contributed by atoms with E-state index < -0.39 is 22.8 Å². The molecule has 1 saturated carbocycles. The van der Waals surface area contributed by atoms with E-state index in [1.165, 1.54) is 17.4 Å². The zero-order valence-corrected chi connectivity index (χ0v) is 13.5. The first-order valence-corrected chi connectivity index (χ1v) is 8.78. The second-order valence-electron chi connectivity index (χ2n) is 5.55. The van der Waals surface area contributed by atoms with E-state index in [4.69, 9.17) is 0 Å². The summed E-state index contributed by atoms with van der Waals surface area (Å²) in [4.78, 5) is 3.60. The molecule has 0 radical (unpaired) electrons. The molecule has 1 aliphatic carbocycles. The fourth-order valence-corrected chi connectivity index (χ4v) is 3.93. The second kappa shape index (κ2) is 7.04. The third kappa shape index (κ3) is 4.81. The van der Waals surface area contributed by atoms with Crippen LogP contribution >= 0.6 is 0 Å². The van der Waals surface area contributed by atoms with Gasteiger partial charge >= 0.3 is 6.18 Å². The Labute approximate surface area is 133 Å². The van der Waals surface area contributed by atoms with Crippen molar-refractivity contribution in [3.8, 4) is 5.88 Å². The summed E-state index contributed by atoms with van der Waals surface area (Å²) in [6, 6.07) is 2.30. The lowest BCUT2D eigenvalue weighted by molar-refractivity contribution is -0.154. The first-order chi connectivity index (χ1) is 10.7. The average Bonchev–Trinajstić information content (AvgIpc) is 2.53. The number of pyridine rings is 1. The molecule has 0 amide bonds. The van der Waals surface area contributed by atoms with Gasteiger partial charge in [-0.3, -0.25) is 0 Å². The topological polar surface area (TPSA) is 59.5 Å². The fraction of sp³-hybridized carbons (Fsp3) is 0.643. The van der Waals surface area contributed by atoms with Crippen molar-refractivity contribution in [2.24, 2.45) is 0 Å². The molecule has 1 fully saturated rings. The smallest absolute Gasteiger partial charge is 0.422 e. The number of hydrogen-bond acceptors (Lipinski definition) is 4. The van der Waals surface area contributed by atoms with Crippen LogP contribution in [0, 0.1) is 0 Å². The predicted octanol–water partition coefficient (Wildman–Crippen LogP) is 2.98. The van der Waals surface area contributed by atoms with Gasteiger partial charge in [0, 0.05) is 19.2 Å². The van der Waals surface area contributed by atoms with Gasteiger partial charge < -0.3 is 4.74 Å². The summed E-state index contributed by atoms with van der Waals surface area (Å²) >= 11 is 0. The molecule has 0 aromatic carbocycles. The molecule has 1 heterocycles. The molecule has 0 bridgehead atoms. The number of halogens is 3. The van der Waals surface area contributed by atoms with Crippen LogP contribution in [0.5, 0.6) is 5.88 Å². The average molecular weight is 352 g/mol. The Morgan fingerprint density at radius 3 is 2.43 bits per heavy atom. The van der Waals surface area contributed by atoms with Crippen molar-refractivity contribution in [2.45, 2.75) is 49.2 Å². The van der Waals surface area contributed by atoms with Crippen LogP contribution < -0.4 is 4.74 Å². The minimum atomic E-state index is -4.46. The highest BCUT2D eigenvalue weighted by Gasteiger charge is 2.30. The van der Waals surface area contributed by atoms with Crippen LogP contribution in [-0.2, 0) is 10.0 Å². The maximum atomic E-state index is 12.5. The van der Waals surface area contributed by atoms with Crippen LogP contribution in [0.2, 0.25) is 0 Å². The van der Waals surface area contributed by atoms with E-state index in [1.54, 1.807) is 0 Å². The molecule has 0 spiro atoms. The van der Waals surface area contributed by atoms with Gasteiger partial charge in [0.25, 0.3) is 0 Å². The highest BCUT2D eigenvalue weighted by atomic mass is 32.2. The number of hydrogen-bond donors (Lipinski definition) is 0. The van der Waals surface area contributed by atoms with Crippen LogP contribution in [0.4, 0.5) is 13.2 Å². The van der Waals surface area contributed by atoms with E-state index in [9.17, 15) is 21.6 Å². The van der Waals surface area contributed by atoms with E-state index in [0.29, 0.717) is 0 Å². The van der Waals surface area contributed by atoms with Crippen LogP contribution in [0.1, 0.15) is 32.1 Å². The van der Waals surface area contributed by atoms with Gasteiger partial charge in [-0.1, -0.05) is 19.3 Å². The maximum Gasteiger partial charge on any atom is 0.422 e. The van der Waals surface area contributed by atoms with Crippen molar-refractivity contribution in [2.75, 3.05) is 13.7 Å². The summed E-state index contributed by atoms with van der Waals surface area (Å²) < 4.78 is 67.1. The zero-order chi connectivity index (χ0) is 17.1. The van der Waals surface area contributed by atoms with Crippen LogP contribution in [0.3, 0.4) is 0 Å². The van der Waals surface area contributed by atoms with Crippen molar-refractivity contribution >= 4 is 10.0 Å². The summed E-state index contributed by atoms with van der Waals surface area (Å²) in [6.45, 7) is -1.46. The summed E-state index contributed by atoms with van der Waals surface area (Å²) in [5, 5.41) is 0. The number of rotatable bonds is 5. The lowest BCUT2D eigenvalue weighted by Crippen LogP contribution is -2.38. The van der Waals surface area contributed by atoms with Gasteiger partial charge in [0.15, 0.2) is 6.61 Å². The molecule has 9 heteroatoms. The van der Waals surface area contributed by atoms with E-state index in [0.717, 1.165) is 44.4 Å². The second-order valence-corrected chi connectivity index (χ2v) is 7.55. The van der Waals surface area contributed by atoms with E-state index in [-0.39, 0.29) is 16.8 Å². The molecule has 0 N–H and O–H groups in total. The molecule has 0 aliphatic heterocycles. The van der Waals surface area contributed by atoms with Gasteiger partial charge in [-0.15, -0.1) is 0 Å². The minimum Gasteiger partial charge on any atom is -0.468 e. The normalized spacial score (nSPS) is 17.4. The Morgan fingerprint density at radius 1 is 1.26 bits per heavy atom. The first-order valence-electron chi connectivity index (χ1n) is 7.34. The highest BCUT2D eigenvalue weighted by molar-refractivity contribution is 7.89. The molecule has 2 rings (SSSR count). The molecule has 130 valence electrons. The van der Waals surface area contributed by atoms with Crippen molar-refractivity contribution < 1.29 is 26.3 Å². The molecule has 0 saturated heterocycles. The van der Waals surface area contributed by atoms with Gasteiger partial charge in [0.2, 0.25) is 15.9 Å². The predicted molar refractivity (Wildman–Crippen MR) is 77.6 cm³/mol. The minimum absolute atomic E-state index is 0.0464. The SMILES string of the molecule is CN(C1CCCCC1)S(=O)(=O)c1ccc(OCC(F)(F)F)nc1. The summed E-state index contributed by atoms with van der Waals surface area (Å²) in [5.41, 5.74) is 0. The monoisotopic (exact) mass is 352 g/mol. The van der Waals surface area contributed by atoms with Gasteiger partial charge in [-0.25, -0.2) is 13.4 Å². The van der Waals surface area contributed by atoms with Gasteiger partial charge in [-0.2, -0.15) is 17.5 Å². The molecule has 1 aliphatic rings. The lowest BCUT2D eigenvalue weighted by atomic mass is 9.96. The Morgan fingerprint density at radius 2 is 1.91 bits per heavy atom. The van der Waals surface area contributed by atoms with Crippen molar-refractivity contribution in [3.63, 3.8) is 0 Å². The molecule has 23 heavy (non-hydrogen) atoms.